The van der Waals surface area contributed by atoms with Gasteiger partial charge in [0.2, 0.25) is 23.6 Å². The number of benzene rings is 2. The molecule has 14 heteroatoms. The minimum atomic E-state index is 0.0709. The molecule has 2 aromatic carbocycles. The highest BCUT2D eigenvalue weighted by molar-refractivity contribution is 6.39. The lowest BCUT2D eigenvalue weighted by Crippen LogP contribution is -2.44. The van der Waals surface area contributed by atoms with Gasteiger partial charge in [-0.05, 0) is 12.8 Å². The summed E-state index contributed by atoms with van der Waals surface area (Å²) in [5.41, 5.74) is 5.15. The van der Waals surface area contributed by atoms with Crippen LogP contribution >= 0.6 is 23.2 Å². The number of ether oxygens (including phenoxy) is 2. The van der Waals surface area contributed by atoms with Crippen LogP contribution in [0.4, 0.5) is 0 Å². The van der Waals surface area contributed by atoms with Crippen molar-refractivity contribution >= 4 is 35.0 Å². The maximum atomic E-state index is 12.1. The highest BCUT2D eigenvalue weighted by atomic mass is 35.5. The van der Waals surface area contributed by atoms with Crippen LogP contribution in [0.15, 0.2) is 48.8 Å². The Balaban J connectivity index is 1.21. The summed E-state index contributed by atoms with van der Waals surface area (Å²) in [6, 6.07) is 11.5. The predicted octanol–water partition coefficient (Wildman–Crippen LogP) is 4.67. The first-order chi connectivity index (χ1) is 23.7. The summed E-state index contributed by atoms with van der Waals surface area (Å²) in [4.78, 5) is 44.1. The molecule has 2 aromatic heterocycles. The molecule has 4 heterocycles. The first kappa shape index (κ1) is 34.5. The standard InChI is InChI=1S/C35H38Cl2N8O4/c1-45-13-12-20(14-31(45)47)39-19-29-35(49-3)44-27(18-41-29)25-9-5-7-23(33(25)37)22-6-4-8-24(32(22)36)26-17-40-28(34(43-26)48-2)16-38-15-21-10-11-30(46)42-21/h4-9,17-18,20-21,38-39H,10-16,19H2,1-3H3,(H,42,46). The number of carbonyl (C=O) groups excluding carboxylic acids is 2. The second-order valence-corrected chi connectivity index (χ2v) is 12.8. The summed E-state index contributed by atoms with van der Waals surface area (Å²) in [6.07, 6.45) is 6.02. The topological polar surface area (TPSA) is 143 Å². The number of piperidine rings is 1. The molecule has 2 amide bonds. The summed E-state index contributed by atoms with van der Waals surface area (Å²) in [6.45, 7) is 2.20. The molecule has 0 spiro atoms. The fourth-order valence-corrected chi connectivity index (χ4v) is 6.70. The van der Waals surface area contributed by atoms with Crippen molar-refractivity contribution in [2.45, 2.75) is 50.9 Å². The minimum Gasteiger partial charge on any atom is -0.480 e. The number of nitrogens with zero attached hydrogens (tertiary/aromatic N) is 5. The van der Waals surface area contributed by atoms with Crippen LogP contribution in [-0.2, 0) is 22.7 Å². The van der Waals surface area contributed by atoms with E-state index in [1.165, 1.54) is 0 Å². The maximum Gasteiger partial charge on any atom is 0.237 e. The fourth-order valence-electron chi connectivity index (χ4n) is 6.05. The number of rotatable bonds is 12. The lowest BCUT2D eigenvalue weighted by molar-refractivity contribution is -0.132. The van der Waals surface area contributed by atoms with Crippen LogP contribution in [0, 0.1) is 0 Å². The molecule has 4 aromatic rings. The van der Waals surface area contributed by atoms with E-state index < -0.39 is 0 Å². The quantitative estimate of drug-likeness (QED) is 0.190. The Morgan fingerprint density at radius 3 is 1.96 bits per heavy atom. The molecular formula is C35H38Cl2N8O4. The summed E-state index contributed by atoms with van der Waals surface area (Å²) >= 11 is 14.1. The number of halogens is 2. The monoisotopic (exact) mass is 704 g/mol. The Morgan fingerprint density at radius 2 is 1.43 bits per heavy atom. The van der Waals surface area contributed by atoms with Gasteiger partial charge >= 0.3 is 0 Å². The average molecular weight is 706 g/mol. The summed E-state index contributed by atoms with van der Waals surface area (Å²) < 4.78 is 11.2. The lowest BCUT2D eigenvalue weighted by Gasteiger charge is -2.29. The van der Waals surface area contributed by atoms with E-state index in [1.807, 2.05) is 43.4 Å². The molecule has 0 aliphatic carbocycles. The van der Waals surface area contributed by atoms with Crippen LogP contribution in [0.1, 0.15) is 37.1 Å². The molecule has 0 radical (unpaired) electrons. The third-order valence-electron chi connectivity index (χ3n) is 8.84. The molecule has 2 saturated heterocycles. The molecule has 0 bridgehead atoms. The molecule has 0 saturated carbocycles. The van der Waals surface area contributed by atoms with Crippen molar-refractivity contribution in [1.82, 2.24) is 40.8 Å². The van der Waals surface area contributed by atoms with Crippen LogP contribution in [-0.4, -0.2) is 83.1 Å². The molecule has 6 rings (SSSR count). The number of hydrogen-bond donors (Lipinski definition) is 3. The van der Waals surface area contributed by atoms with Gasteiger partial charge < -0.3 is 30.3 Å². The van der Waals surface area contributed by atoms with E-state index in [2.05, 4.69) is 25.9 Å². The van der Waals surface area contributed by atoms with Crippen molar-refractivity contribution in [3.63, 3.8) is 0 Å². The number of carbonyl (C=O) groups is 2. The van der Waals surface area contributed by atoms with Gasteiger partial charge in [0, 0.05) is 80.4 Å². The Labute approximate surface area is 295 Å². The molecule has 2 fully saturated rings. The minimum absolute atomic E-state index is 0.0709. The Kier molecular flexibility index (Phi) is 10.9. The molecule has 256 valence electrons. The predicted molar refractivity (Wildman–Crippen MR) is 187 cm³/mol. The van der Waals surface area contributed by atoms with Gasteiger partial charge in [0.05, 0.1) is 48.0 Å². The number of amides is 2. The number of hydrogen-bond acceptors (Lipinski definition) is 10. The molecule has 12 nitrogen and oxygen atoms in total. The van der Waals surface area contributed by atoms with Gasteiger partial charge in [-0.2, -0.15) is 0 Å². The summed E-state index contributed by atoms with van der Waals surface area (Å²) in [5.74, 6) is 0.964. The zero-order valence-electron chi connectivity index (χ0n) is 27.6. The van der Waals surface area contributed by atoms with E-state index in [9.17, 15) is 9.59 Å². The highest BCUT2D eigenvalue weighted by Gasteiger charge is 2.24. The second kappa shape index (κ2) is 15.5. The Hall–Kier alpha value is -4.36. The van der Waals surface area contributed by atoms with Crippen molar-refractivity contribution in [3.8, 4) is 45.4 Å². The van der Waals surface area contributed by atoms with Crippen LogP contribution in [0.2, 0.25) is 10.0 Å². The molecule has 2 aliphatic heterocycles. The van der Waals surface area contributed by atoms with Crippen molar-refractivity contribution in [2.24, 2.45) is 0 Å². The number of nitrogens with one attached hydrogen (secondary N) is 3. The van der Waals surface area contributed by atoms with Crippen LogP contribution < -0.4 is 25.4 Å². The zero-order valence-corrected chi connectivity index (χ0v) is 29.1. The third-order valence-corrected chi connectivity index (χ3v) is 9.65. The van der Waals surface area contributed by atoms with Gasteiger partial charge in [-0.25, -0.2) is 9.97 Å². The zero-order chi connectivity index (χ0) is 34.5. The first-order valence-corrected chi connectivity index (χ1v) is 16.9. The van der Waals surface area contributed by atoms with Gasteiger partial charge in [0.1, 0.15) is 11.4 Å². The SMILES string of the molecule is COc1nc(-c2cccc(-c3cccc(-c4cnc(CNC5CCN(C)C(=O)C5)c(OC)n4)c3Cl)c2Cl)cnc1CNCC1CCC(=O)N1. The van der Waals surface area contributed by atoms with Gasteiger partial charge in [0.15, 0.2) is 0 Å². The number of methoxy groups -OCH3 is 2. The summed E-state index contributed by atoms with van der Waals surface area (Å²) in [5, 5.41) is 10.6. The molecule has 3 N–H and O–H groups in total. The van der Waals surface area contributed by atoms with E-state index in [-0.39, 0.29) is 23.9 Å². The van der Waals surface area contributed by atoms with Gasteiger partial charge in [0.25, 0.3) is 0 Å². The largest absolute Gasteiger partial charge is 0.480 e. The van der Waals surface area contributed by atoms with E-state index in [0.29, 0.717) is 99.3 Å². The van der Waals surface area contributed by atoms with Crippen molar-refractivity contribution < 1.29 is 19.1 Å². The van der Waals surface area contributed by atoms with Crippen LogP contribution in [0.25, 0.3) is 33.6 Å². The average Bonchev–Trinajstić information content (AvgIpc) is 3.53. The molecule has 49 heavy (non-hydrogen) atoms. The third kappa shape index (κ3) is 7.78. The van der Waals surface area contributed by atoms with Gasteiger partial charge in [-0.1, -0.05) is 59.6 Å². The van der Waals surface area contributed by atoms with Crippen molar-refractivity contribution in [2.75, 3.05) is 34.4 Å². The van der Waals surface area contributed by atoms with Crippen LogP contribution in [0.3, 0.4) is 0 Å². The van der Waals surface area contributed by atoms with Gasteiger partial charge in [-0.15, -0.1) is 0 Å². The van der Waals surface area contributed by atoms with E-state index >= 15 is 0 Å². The van der Waals surface area contributed by atoms with Crippen molar-refractivity contribution in [3.05, 3.63) is 70.2 Å². The number of likely N-dealkylation sites (tertiary alicyclic amines) is 1. The van der Waals surface area contributed by atoms with Crippen LogP contribution in [0.5, 0.6) is 11.8 Å². The molecular weight excluding hydrogens is 667 g/mol. The molecule has 2 atom stereocenters. The smallest absolute Gasteiger partial charge is 0.237 e. The molecule has 2 aliphatic rings. The highest BCUT2D eigenvalue weighted by Crippen LogP contribution is 2.42. The fraction of sp³-hybridized carbons (Fsp3) is 0.371. The Morgan fingerprint density at radius 1 is 0.857 bits per heavy atom. The second-order valence-electron chi connectivity index (χ2n) is 12.1. The number of aromatic nitrogens is 4. The van der Waals surface area contributed by atoms with Crippen molar-refractivity contribution in [1.29, 1.82) is 0 Å². The van der Waals surface area contributed by atoms with E-state index in [1.54, 1.807) is 31.5 Å². The van der Waals surface area contributed by atoms with Gasteiger partial charge in [-0.3, -0.25) is 19.6 Å². The van der Waals surface area contributed by atoms with E-state index in [0.717, 1.165) is 19.4 Å². The normalized spacial score (nSPS) is 17.7. The maximum absolute atomic E-state index is 12.1. The summed E-state index contributed by atoms with van der Waals surface area (Å²) in [7, 11) is 4.93. The van der Waals surface area contributed by atoms with E-state index in [4.69, 9.17) is 42.6 Å². The molecule has 2 unspecified atom stereocenters. The lowest BCUT2D eigenvalue weighted by atomic mass is 9.98. The Bertz CT molecular complexity index is 1860. The first-order valence-electron chi connectivity index (χ1n) is 16.1.